The summed E-state index contributed by atoms with van der Waals surface area (Å²) in [6, 6.07) is 0. The predicted molar refractivity (Wildman–Crippen MR) is 54.7 cm³/mol. The van der Waals surface area contributed by atoms with Gasteiger partial charge in [0.05, 0.1) is 6.20 Å². The van der Waals surface area contributed by atoms with Crippen molar-refractivity contribution in [1.29, 1.82) is 0 Å². The van der Waals surface area contributed by atoms with Crippen LogP contribution >= 0.6 is 0 Å². The molecule has 1 rings (SSSR count). The van der Waals surface area contributed by atoms with Gasteiger partial charge in [-0.2, -0.15) is 5.10 Å². The molecular weight excluding hydrogens is 162 g/mol. The highest BCUT2D eigenvalue weighted by Gasteiger charge is 1.94. The maximum absolute atomic E-state index is 4.13. The lowest BCUT2D eigenvalue weighted by molar-refractivity contribution is 0.639. The summed E-state index contributed by atoms with van der Waals surface area (Å²) in [5.74, 6) is 0. The van der Waals surface area contributed by atoms with Gasteiger partial charge in [0.2, 0.25) is 0 Å². The van der Waals surface area contributed by atoms with Gasteiger partial charge < -0.3 is 5.32 Å². The van der Waals surface area contributed by atoms with Crippen LogP contribution in [0.5, 0.6) is 0 Å². The molecule has 3 nitrogen and oxygen atoms in total. The highest BCUT2D eigenvalue weighted by atomic mass is 15.2. The monoisotopic (exact) mass is 181 g/mol. The molecule has 0 bridgehead atoms. The molecule has 0 amide bonds. The van der Waals surface area contributed by atoms with E-state index in [-0.39, 0.29) is 0 Å². The van der Waals surface area contributed by atoms with Crippen molar-refractivity contribution < 1.29 is 0 Å². The third kappa shape index (κ3) is 4.08. The molecule has 0 aliphatic heterocycles. The number of aromatic nitrogens is 2. The van der Waals surface area contributed by atoms with Gasteiger partial charge >= 0.3 is 0 Å². The molecule has 1 aromatic heterocycles. The Morgan fingerprint density at radius 2 is 2.31 bits per heavy atom. The lowest BCUT2D eigenvalue weighted by Crippen LogP contribution is -2.16. The molecule has 13 heavy (non-hydrogen) atoms. The van der Waals surface area contributed by atoms with E-state index in [9.17, 15) is 0 Å². The van der Waals surface area contributed by atoms with Gasteiger partial charge in [-0.1, -0.05) is 6.92 Å². The zero-order valence-electron chi connectivity index (χ0n) is 8.58. The first kappa shape index (κ1) is 10.3. The fourth-order valence-electron chi connectivity index (χ4n) is 1.32. The highest BCUT2D eigenvalue weighted by molar-refractivity contribution is 5.03. The van der Waals surface area contributed by atoms with Gasteiger partial charge in [0.15, 0.2) is 0 Å². The summed E-state index contributed by atoms with van der Waals surface area (Å²) >= 11 is 0. The van der Waals surface area contributed by atoms with Gasteiger partial charge in [0.1, 0.15) is 0 Å². The summed E-state index contributed by atoms with van der Waals surface area (Å²) in [7, 11) is 1.96. The van der Waals surface area contributed by atoms with E-state index in [0.29, 0.717) is 0 Å². The van der Waals surface area contributed by atoms with Crippen molar-refractivity contribution in [2.75, 3.05) is 13.1 Å². The van der Waals surface area contributed by atoms with Crippen molar-refractivity contribution in [2.24, 2.45) is 7.05 Å². The largest absolute Gasteiger partial charge is 0.317 e. The van der Waals surface area contributed by atoms with E-state index in [4.69, 9.17) is 0 Å². The van der Waals surface area contributed by atoms with Gasteiger partial charge in [-0.25, -0.2) is 0 Å². The van der Waals surface area contributed by atoms with Crippen LogP contribution in [0.3, 0.4) is 0 Å². The molecule has 0 spiro atoms. The van der Waals surface area contributed by atoms with Crippen LogP contribution in [0.4, 0.5) is 0 Å². The lowest BCUT2D eigenvalue weighted by atomic mass is 10.2. The Hall–Kier alpha value is -0.830. The molecule has 0 atom stereocenters. The van der Waals surface area contributed by atoms with Crippen molar-refractivity contribution in [1.82, 2.24) is 15.1 Å². The predicted octanol–water partition coefficient (Wildman–Crippen LogP) is 1.35. The number of aryl methyl sites for hydroxylation is 2. The van der Waals surface area contributed by atoms with Crippen molar-refractivity contribution in [2.45, 2.75) is 26.2 Å². The minimum absolute atomic E-state index is 1.11. The molecule has 0 saturated carbocycles. The second kappa shape index (κ2) is 5.75. The third-order valence-corrected chi connectivity index (χ3v) is 2.00. The first-order valence-corrected chi connectivity index (χ1v) is 5.01. The quantitative estimate of drug-likeness (QED) is 0.671. The smallest absolute Gasteiger partial charge is 0.0521 e. The molecule has 0 saturated heterocycles. The summed E-state index contributed by atoms with van der Waals surface area (Å²) in [5, 5.41) is 7.51. The second-order valence-corrected chi connectivity index (χ2v) is 3.38. The molecule has 0 fully saturated rings. The van der Waals surface area contributed by atoms with E-state index >= 15 is 0 Å². The molecule has 0 unspecified atom stereocenters. The molecule has 1 heterocycles. The number of rotatable bonds is 6. The van der Waals surface area contributed by atoms with Crippen LogP contribution in [-0.4, -0.2) is 22.9 Å². The minimum atomic E-state index is 1.11. The molecular formula is C10H19N3. The fraction of sp³-hybridized carbons (Fsp3) is 0.700. The van der Waals surface area contributed by atoms with E-state index in [0.717, 1.165) is 19.5 Å². The molecule has 0 aliphatic rings. The van der Waals surface area contributed by atoms with E-state index in [2.05, 4.69) is 23.5 Å². The van der Waals surface area contributed by atoms with Crippen LogP contribution in [-0.2, 0) is 13.5 Å². The summed E-state index contributed by atoms with van der Waals surface area (Å²) < 4.78 is 1.86. The fourth-order valence-corrected chi connectivity index (χ4v) is 1.32. The Balaban J connectivity index is 2.06. The van der Waals surface area contributed by atoms with Crippen LogP contribution in [0.25, 0.3) is 0 Å². The topological polar surface area (TPSA) is 29.9 Å². The van der Waals surface area contributed by atoms with E-state index < -0.39 is 0 Å². The molecule has 0 radical (unpaired) electrons. The summed E-state index contributed by atoms with van der Waals surface area (Å²) in [6.07, 6.45) is 7.57. The third-order valence-electron chi connectivity index (χ3n) is 2.00. The number of nitrogens with one attached hydrogen (secondary N) is 1. The summed E-state index contributed by atoms with van der Waals surface area (Å²) in [5.41, 5.74) is 1.33. The first-order valence-electron chi connectivity index (χ1n) is 5.01. The summed E-state index contributed by atoms with van der Waals surface area (Å²) in [6.45, 7) is 4.43. The van der Waals surface area contributed by atoms with Crippen molar-refractivity contribution >= 4 is 0 Å². The Kier molecular flexibility index (Phi) is 4.54. The van der Waals surface area contributed by atoms with Crippen molar-refractivity contribution in [3.8, 4) is 0 Å². The maximum Gasteiger partial charge on any atom is 0.0521 e. The van der Waals surface area contributed by atoms with E-state index in [1.54, 1.807) is 0 Å². The second-order valence-electron chi connectivity index (χ2n) is 3.38. The molecule has 1 aromatic rings. The average molecular weight is 181 g/mol. The van der Waals surface area contributed by atoms with Crippen LogP contribution in [0, 0.1) is 0 Å². The normalized spacial score (nSPS) is 10.6. The zero-order valence-corrected chi connectivity index (χ0v) is 8.58. The average Bonchev–Trinajstić information content (AvgIpc) is 2.51. The molecule has 74 valence electrons. The Morgan fingerprint density at radius 3 is 2.92 bits per heavy atom. The van der Waals surface area contributed by atoms with Gasteiger partial charge in [-0.15, -0.1) is 0 Å². The molecule has 0 aromatic carbocycles. The van der Waals surface area contributed by atoms with E-state index in [1.807, 2.05) is 17.9 Å². The minimum Gasteiger partial charge on any atom is -0.317 e. The van der Waals surface area contributed by atoms with E-state index in [1.165, 1.54) is 18.4 Å². The standard InChI is InChI=1S/C10H19N3/c1-3-6-11-7-4-5-10-8-12-13(2)9-10/h8-9,11H,3-7H2,1-2H3. The van der Waals surface area contributed by atoms with Crippen molar-refractivity contribution in [3.05, 3.63) is 18.0 Å². The van der Waals surface area contributed by atoms with Crippen molar-refractivity contribution in [3.63, 3.8) is 0 Å². The van der Waals surface area contributed by atoms with Crippen LogP contribution in [0.15, 0.2) is 12.4 Å². The lowest BCUT2D eigenvalue weighted by Gasteiger charge is -2.00. The van der Waals surface area contributed by atoms with Gasteiger partial charge in [0, 0.05) is 13.2 Å². The maximum atomic E-state index is 4.13. The number of nitrogens with zero attached hydrogens (tertiary/aromatic N) is 2. The number of hydrogen-bond acceptors (Lipinski definition) is 2. The first-order chi connectivity index (χ1) is 6.33. The molecule has 3 heteroatoms. The van der Waals surface area contributed by atoms with Crippen LogP contribution in [0.1, 0.15) is 25.3 Å². The zero-order chi connectivity index (χ0) is 9.52. The van der Waals surface area contributed by atoms with Gasteiger partial charge in [-0.05, 0) is 37.9 Å². The Bertz CT molecular complexity index is 230. The van der Waals surface area contributed by atoms with Gasteiger partial charge in [0.25, 0.3) is 0 Å². The molecule has 1 N–H and O–H groups in total. The summed E-state index contributed by atoms with van der Waals surface area (Å²) in [4.78, 5) is 0. The Labute approximate surface area is 80.1 Å². The van der Waals surface area contributed by atoms with Crippen LogP contribution < -0.4 is 5.32 Å². The SMILES string of the molecule is CCCNCCCc1cnn(C)c1. The van der Waals surface area contributed by atoms with Crippen LogP contribution in [0.2, 0.25) is 0 Å². The Morgan fingerprint density at radius 1 is 1.46 bits per heavy atom. The number of hydrogen-bond donors (Lipinski definition) is 1. The van der Waals surface area contributed by atoms with Gasteiger partial charge in [-0.3, -0.25) is 4.68 Å². The molecule has 0 aliphatic carbocycles. The highest BCUT2D eigenvalue weighted by Crippen LogP contribution is 1.99.